The van der Waals surface area contributed by atoms with Crippen LogP contribution in [0.4, 0.5) is 5.69 Å². The van der Waals surface area contributed by atoms with Crippen LogP contribution in [0, 0.1) is 10.1 Å². The number of hydrogen-bond acceptors (Lipinski definition) is 5. The van der Waals surface area contributed by atoms with Gasteiger partial charge in [0.1, 0.15) is 5.75 Å². The highest BCUT2D eigenvalue weighted by Gasteiger charge is 2.35. The number of nitro benzene ring substituents is 1. The minimum atomic E-state index is -0.461. The molecule has 1 amide bonds. The molecule has 0 fully saturated rings. The summed E-state index contributed by atoms with van der Waals surface area (Å²) in [6.45, 7) is 0. The lowest BCUT2D eigenvalue weighted by molar-refractivity contribution is -0.384. The Labute approximate surface area is 187 Å². The number of carbonyl (C=O) groups excluding carboxylic acids is 1. The van der Waals surface area contributed by atoms with Gasteiger partial charge in [-0.3, -0.25) is 14.9 Å². The van der Waals surface area contributed by atoms with Crippen LogP contribution in [0.5, 0.6) is 5.75 Å². The molecule has 0 aliphatic carbocycles. The SMILES string of the molecule is COc1ccc(C2=NN(C(=O)c3ccccc3Br)[C@@H](c3cccc([N+](=O)[O-])c3)C2)cc1. The number of benzene rings is 3. The number of non-ortho nitro benzene ring substituents is 1. The Balaban J connectivity index is 1.76. The molecule has 0 radical (unpaired) electrons. The molecule has 8 heteroatoms. The first-order chi connectivity index (χ1) is 15.0. The summed E-state index contributed by atoms with van der Waals surface area (Å²) in [5, 5.41) is 17.3. The fourth-order valence-electron chi connectivity index (χ4n) is 3.52. The maximum absolute atomic E-state index is 13.4. The summed E-state index contributed by atoms with van der Waals surface area (Å²) in [6.07, 6.45) is 0.434. The standard InChI is InChI=1S/C23H18BrN3O4/c1-31-18-11-9-15(10-12-18)21-14-22(16-5-4-6-17(13-16)27(29)30)26(25-21)23(28)19-7-2-3-8-20(19)24/h2-13,22H,14H2,1H3/t22-/m1/s1. The van der Waals surface area contributed by atoms with Crippen LogP contribution in [0.25, 0.3) is 0 Å². The fraction of sp³-hybridized carbons (Fsp3) is 0.130. The second-order valence-corrected chi connectivity index (χ2v) is 7.83. The van der Waals surface area contributed by atoms with Crippen LogP contribution in [-0.2, 0) is 0 Å². The third kappa shape index (κ3) is 4.20. The normalized spacial score (nSPS) is 15.5. The Kier molecular flexibility index (Phi) is 5.81. The van der Waals surface area contributed by atoms with Gasteiger partial charge in [-0.15, -0.1) is 0 Å². The number of nitrogens with zero attached hydrogens (tertiary/aromatic N) is 3. The van der Waals surface area contributed by atoms with Crippen molar-refractivity contribution in [1.29, 1.82) is 0 Å². The van der Waals surface area contributed by atoms with E-state index in [0.717, 1.165) is 17.0 Å². The van der Waals surface area contributed by atoms with Gasteiger partial charge in [-0.1, -0.05) is 24.3 Å². The molecule has 1 heterocycles. The van der Waals surface area contributed by atoms with Crippen LogP contribution in [-0.4, -0.2) is 28.7 Å². The molecular weight excluding hydrogens is 462 g/mol. The number of rotatable bonds is 5. The van der Waals surface area contributed by atoms with E-state index >= 15 is 0 Å². The maximum Gasteiger partial charge on any atom is 0.275 e. The van der Waals surface area contributed by atoms with Crippen molar-refractivity contribution in [2.75, 3.05) is 7.11 Å². The molecule has 0 saturated heterocycles. The quantitative estimate of drug-likeness (QED) is 0.364. The van der Waals surface area contributed by atoms with Crippen LogP contribution in [0.15, 0.2) is 82.4 Å². The highest BCUT2D eigenvalue weighted by Crippen LogP contribution is 2.36. The molecule has 3 aromatic rings. The highest BCUT2D eigenvalue weighted by molar-refractivity contribution is 9.10. The van der Waals surface area contributed by atoms with Gasteiger partial charge in [-0.05, 0) is 63.5 Å². The van der Waals surface area contributed by atoms with Crippen LogP contribution in [0.3, 0.4) is 0 Å². The molecule has 0 saturated carbocycles. The second kappa shape index (κ2) is 8.69. The van der Waals surface area contributed by atoms with E-state index < -0.39 is 11.0 Å². The molecule has 0 bridgehead atoms. The zero-order valence-electron chi connectivity index (χ0n) is 16.6. The topological polar surface area (TPSA) is 85.0 Å². The molecule has 1 aliphatic heterocycles. The molecule has 0 unspecified atom stereocenters. The Bertz CT molecular complexity index is 1180. The Hall–Kier alpha value is -3.52. The maximum atomic E-state index is 13.4. The third-order valence-electron chi connectivity index (χ3n) is 5.11. The number of ether oxygens (including phenoxy) is 1. The minimum absolute atomic E-state index is 0.0244. The zero-order valence-corrected chi connectivity index (χ0v) is 18.2. The molecule has 3 aromatic carbocycles. The van der Waals surface area contributed by atoms with E-state index in [9.17, 15) is 14.9 Å². The van der Waals surface area contributed by atoms with Crippen LogP contribution < -0.4 is 4.74 Å². The van der Waals surface area contributed by atoms with Crippen LogP contribution >= 0.6 is 15.9 Å². The smallest absolute Gasteiger partial charge is 0.275 e. The first-order valence-electron chi connectivity index (χ1n) is 9.52. The third-order valence-corrected chi connectivity index (χ3v) is 5.80. The van der Waals surface area contributed by atoms with Crippen molar-refractivity contribution in [1.82, 2.24) is 5.01 Å². The number of hydrogen-bond donors (Lipinski definition) is 0. The summed E-state index contributed by atoms with van der Waals surface area (Å²) in [5.74, 6) is 0.436. The Morgan fingerprint density at radius 3 is 2.55 bits per heavy atom. The first kappa shape index (κ1) is 20.7. The summed E-state index contributed by atoms with van der Waals surface area (Å²) in [4.78, 5) is 24.2. The van der Waals surface area contributed by atoms with Gasteiger partial charge in [0.25, 0.3) is 11.6 Å². The van der Waals surface area contributed by atoms with Crippen molar-refractivity contribution in [3.05, 3.63) is 104 Å². The lowest BCUT2D eigenvalue weighted by Crippen LogP contribution is -2.27. The fourth-order valence-corrected chi connectivity index (χ4v) is 3.97. The van der Waals surface area contributed by atoms with Crippen molar-refractivity contribution in [3.8, 4) is 5.75 Å². The number of halogens is 1. The first-order valence-corrected chi connectivity index (χ1v) is 10.3. The van der Waals surface area contributed by atoms with E-state index in [1.807, 2.05) is 30.3 Å². The molecule has 4 rings (SSSR count). The van der Waals surface area contributed by atoms with Crippen molar-refractivity contribution in [2.24, 2.45) is 5.10 Å². The molecule has 31 heavy (non-hydrogen) atoms. The lowest BCUT2D eigenvalue weighted by Gasteiger charge is -2.22. The number of hydrazone groups is 1. The molecule has 1 aliphatic rings. The van der Waals surface area contributed by atoms with E-state index in [1.165, 1.54) is 17.1 Å². The van der Waals surface area contributed by atoms with Gasteiger partial charge >= 0.3 is 0 Å². The van der Waals surface area contributed by atoms with Gasteiger partial charge in [-0.25, -0.2) is 5.01 Å². The second-order valence-electron chi connectivity index (χ2n) is 6.98. The van der Waals surface area contributed by atoms with E-state index in [2.05, 4.69) is 21.0 Å². The number of amides is 1. The van der Waals surface area contributed by atoms with Crippen LogP contribution in [0.2, 0.25) is 0 Å². The van der Waals surface area contributed by atoms with Gasteiger partial charge < -0.3 is 4.74 Å². The minimum Gasteiger partial charge on any atom is -0.497 e. The largest absolute Gasteiger partial charge is 0.497 e. The Morgan fingerprint density at radius 1 is 1.13 bits per heavy atom. The zero-order chi connectivity index (χ0) is 22.0. The highest BCUT2D eigenvalue weighted by atomic mass is 79.9. The number of carbonyl (C=O) groups is 1. The van der Waals surface area contributed by atoms with Crippen molar-refractivity contribution >= 4 is 33.2 Å². The predicted molar refractivity (Wildman–Crippen MR) is 120 cm³/mol. The van der Waals surface area contributed by atoms with E-state index in [-0.39, 0.29) is 11.6 Å². The van der Waals surface area contributed by atoms with Crippen LogP contribution in [0.1, 0.15) is 33.9 Å². The molecule has 1 atom stereocenters. The molecule has 7 nitrogen and oxygen atoms in total. The van der Waals surface area contributed by atoms with Crippen molar-refractivity contribution in [3.63, 3.8) is 0 Å². The van der Waals surface area contributed by atoms with Crippen molar-refractivity contribution < 1.29 is 14.5 Å². The van der Waals surface area contributed by atoms with Gasteiger partial charge in [0.05, 0.1) is 29.4 Å². The summed E-state index contributed by atoms with van der Waals surface area (Å²) in [5.41, 5.74) is 2.68. The van der Waals surface area contributed by atoms with Gasteiger partial charge in [0.2, 0.25) is 0 Å². The van der Waals surface area contributed by atoms with Gasteiger partial charge in [0, 0.05) is 23.0 Å². The number of nitro groups is 1. The molecule has 0 aromatic heterocycles. The monoisotopic (exact) mass is 479 g/mol. The molecule has 156 valence electrons. The van der Waals surface area contributed by atoms with Gasteiger partial charge in [-0.2, -0.15) is 5.10 Å². The molecule has 0 N–H and O–H groups in total. The van der Waals surface area contributed by atoms with E-state index in [0.29, 0.717) is 22.0 Å². The summed E-state index contributed by atoms with van der Waals surface area (Å²) >= 11 is 3.43. The number of methoxy groups -OCH3 is 1. The average Bonchev–Trinajstić information content (AvgIpc) is 3.24. The molecule has 0 spiro atoms. The van der Waals surface area contributed by atoms with E-state index in [1.54, 1.807) is 37.4 Å². The van der Waals surface area contributed by atoms with Gasteiger partial charge in [0.15, 0.2) is 0 Å². The van der Waals surface area contributed by atoms with Crippen molar-refractivity contribution in [2.45, 2.75) is 12.5 Å². The molecular formula is C23H18BrN3O4. The lowest BCUT2D eigenvalue weighted by atomic mass is 9.97. The summed E-state index contributed by atoms with van der Waals surface area (Å²) in [6, 6.07) is 20.4. The summed E-state index contributed by atoms with van der Waals surface area (Å²) in [7, 11) is 1.60. The van der Waals surface area contributed by atoms with E-state index in [4.69, 9.17) is 4.74 Å². The summed E-state index contributed by atoms with van der Waals surface area (Å²) < 4.78 is 5.87. The average molecular weight is 480 g/mol. The predicted octanol–water partition coefficient (Wildman–Crippen LogP) is 5.36. The Morgan fingerprint density at radius 2 is 1.87 bits per heavy atom.